The maximum Gasteiger partial charge on any atom is 0.102 e. The van der Waals surface area contributed by atoms with Crippen molar-refractivity contribution in [1.82, 2.24) is 0 Å². The highest BCUT2D eigenvalue weighted by Gasteiger charge is 2.10. The number of halogens is 2. The van der Waals surface area contributed by atoms with Crippen molar-refractivity contribution >= 4 is 55.6 Å². The lowest BCUT2D eigenvalue weighted by molar-refractivity contribution is 1.50. The second kappa shape index (κ2) is 3.45. The molecule has 0 saturated heterocycles. The average Bonchev–Trinajstić information content (AvgIpc) is 2.54. The van der Waals surface area contributed by atoms with Gasteiger partial charge in [-0.3, -0.25) is 0 Å². The van der Waals surface area contributed by atoms with Crippen LogP contribution in [0, 0.1) is 14.9 Å². The number of nitriles is 1. The highest BCUT2D eigenvalue weighted by molar-refractivity contribution is 14.1. The zero-order valence-corrected chi connectivity index (χ0v) is 10.1. The second-order valence-electron chi connectivity index (χ2n) is 2.50. The minimum Gasteiger partial charge on any atom is -0.192 e. The monoisotopic (exact) mass is 319 g/mol. The third-order valence-corrected chi connectivity index (χ3v) is 4.26. The molecule has 0 aliphatic carbocycles. The zero-order valence-electron chi connectivity index (χ0n) is 6.34. The van der Waals surface area contributed by atoms with Crippen molar-refractivity contribution in [1.29, 1.82) is 5.26 Å². The molecule has 2 aromatic rings. The van der Waals surface area contributed by atoms with Crippen molar-refractivity contribution in [3.8, 4) is 6.07 Å². The van der Waals surface area contributed by atoms with Crippen molar-refractivity contribution in [2.75, 3.05) is 0 Å². The summed E-state index contributed by atoms with van der Waals surface area (Å²) >= 11 is 9.70. The first-order valence-corrected chi connectivity index (χ1v) is 5.83. The molecular formula is C9H3ClINS. The number of rotatable bonds is 0. The Hall–Kier alpha value is -0.310. The smallest absolute Gasteiger partial charge is 0.102 e. The van der Waals surface area contributed by atoms with E-state index >= 15 is 0 Å². The molecule has 4 heteroatoms. The van der Waals surface area contributed by atoms with Crippen LogP contribution in [-0.2, 0) is 0 Å². The van der Waals surface area contributed by atoms with E-state index in [0.29, 0.717) is 10.6 Å². The molecule has 1 aromatic carbocycles. The molecule has 0 saturated carbocycles. The van der Waals surface area contributed by atoms with Crippen LogP contribution < -0.4 is 0 Å². The second-order valence-corrected chi connectivity index (χ2v) is 4.95. The summed E-state index contributed by atoms with van der Waals surface area (Å²) in [6.07, 6.45) is 0. The average molecular weight is 320 g/mol. The van der Waals surface area contributed by atoms with Gasteiger partial charge in [0.05, 0.1) is 15.3 Å². The standard InChI is InChI=1S/C9H3ClINS/c10-8-6(4-12)9-5(1-2-13-9)3-7(8)11/h1-3H. The quantitative estimate of drug-likeness (QED) is 0.673. The van der Waals surface area contributed by atoms with Crippen molar-refractivity contribution in [3.05, 3.63) is 31.7 Å². The summed E-state index contributed by atoms with van der Waals surface area (Å²) in [4.78, 5) is 0. The van der Waals surface area contributed by atoms with E-state index < -0.39 is 0 Å². The Balaban J connectivity index is 2.98. The third kappa shape index (κ3) is 1.43. The summed E-state index contributed by atoms with van der Waals surface area (Å²) in [6.45, 7) is 0. The molecule has 0 atom stereocenters. The zero-order chi connectivity index (χ0) is 9.42. The van der Waals surface area contributed by atoms with Crippen LogP contribution in [0.4, 0.5) is 0 Å². The van der Waals surface area contributed by atoms with Crippen LogP contribution in [0.2, 0.25) is 5.02 Å². The Morgan fingerprint density at radius 3 is 3.00 bits per heavy atom. The molecular weight excluding hydrogens is 317 g/mol. The lowest BCUT2D eigenvalue weighted by Crippen LogP contribution is -1.81. The van der Waals surface area contributed by atoms with E-state index in [4.69, 9.17) is 16.9 Å². The molecule has 1 aromatic heterocycles. The highest BCUT2D eigenvalue weighted by Crippen LogP contribution is 2.33. The topological polar surface area (TPSA) is 23.8 Å². The van der Waals surface area contributed by atoms with Gasteiger partial charge in [-0.15, -0.1) is 11.3 Å². The summed E-state index contributed by atoms with van der Waals surface area (Å²) in [6, 6.07) is 6.13. The molecule has 1 heterocycles. The van der Waals surface area contributed by atoms with Gasteiger partial charge in [0.15, 0.2) is 0 Å². The molecule has 0 unspecified atom stereocenters. The number of hydrogen-bond acceptors (Lipinski definition) is 2. The van der Waals surface area contributed by atoms with Gasteiger partial charge >= 0.3 is 0 Å². The molecule has 0 spiro atoms. The molecule has 64 valence electrons. The molecule has 0 aliphatic rings. The Morgan fingerprint density at radius 1 is 1.54 bits per heavy atom. The van der Waals surface area contributed by atoms with E-state index in [9.17, 15) is 0 Å². The molecule has 0 radical (unpaired) electrons. The van der Waals surface area contributed by atoms with E-state index in [1.807, 2.05) is 17.5 Å². The van der Waals surface area contributed by atoms with E-state index in [1.54, 1.807) is 11.3 Å². The van der Waals surface area contributed by atoms with E-state index in [2.05, 4.69) is 28.7 Å². The van der Waals surface area contributed by atoms with Gasteiger partial charge in [0, 0.05) is 3.57 Å². The van der Waals surface area contributed by atoms with Gasteiger partial charge in [0.25, 0.3) is 0 Å². The van der Waals surface area contributed by atoms with Crippen LogP contribution in [0.15, 0.2) is 17.5 Å². The lowest BCUT2D eigenvalue weighted by Gasteiger charge is -1.99. The van der Waals surface area contributed by atoms with Crippen LogP contribution in [0.25, 0.3) is 10.1 Å². The largest absolute Gasteiger partial charge is 0.192 e. The van der Waals surface area contributed by atoms with Crippen molar-refractivity contribution in [3.63, 3.8) is 0 Å². The fourth-order valence-electron chi connectivity index (χ4n) is 1.15. The minimum atomic E-state index is 0.568. The Morgan fingerprint density at radius 2 is 2.31 bits per heavy atom. The summed E-state index contributed by atoms with van der Waals surface area (Å²) in [5, 5.41) is 12.6. The Labute approximate surface area is 98.1 Å². The van der Waals surface area contributed by atoms with Crippen molar-refractivity contribution in [2.45, 2.75) is 0 Å². The van der Waals surface area contributed by atoms with Gasteiger partial charge in [-0.1, -0.05) is 11.6 Å². The number of hydrogen-bond donors (Lipinski definition) is 0. The molecule has 0 fully saturated rings. The fraction of sp³-hybridized carbons (Fsp3) is 0. The van der Waals surface area contributed by atoms with Crippen LogP contribution in [0.3, 0.4) is 0 Å². The van der Waals surface area contributed by atoms with Crippen LogP contribution >= 0.6 is 45.5 Å². The predicted molar refractivity (Wildman–Crippen MR) is 64.3 cm³/mol. The highest BCUT2D eigenvalue weighted by atomic mass is 127. The first-order chi connectivity index (χ1) is 6.24. The van der Waals surface area contributed by atoms with Gasteiger partial charge in [-0.05, 0) is 45.5 Å². The van der Waals surface area contributed by atoms with Gasteiger partial charge < -0.3 is 0 Å². The predicted octanol–water partition coefficient (Wildman–Crippen LogP) is 4.03. The fourth-order valence-corrected chi connectivity index (χ4v) is 2.89. The first kappa shape index (κ1) is 9.25. The minimum absolute atomic E-state index is 0.568. The summed E-state index contributed by atoms with van der Waals surface area (Å²) in [7, 11) is 0. The number of fused-ring (bicyclic) bond motifs is 1. The molecule has 1 nitrogen and oxygen atoms in total. The molecule has 0 N–H and O–H groups in total. The maximum atomic E-state index is 8.93. The number of thiophene rings is 1. The Bertz CT molecular complexity index is 512. The summed E-state index contributed by atoms with van der Waals surface area (Å²) < 4.78 is 1.91. The molecule has 2 rings (SSSR count). The van der Waals surface area contributed by atoms with Gasteiger partial charge in [0.2, 0.25) is 0 Å². The first-order valence-electron chi connectivity index (χ1n) is 3.49. The van der Waals surface area contributed by atoms with Crippen LogP contribution in [0.5, 0.6) is 0 Å². The lowest BCUT2D eigenvalue weighted by atomic mass is 10.2. The van der Waals surface area contributed by atoms with E-state index in [1.165, 1.54) is 0 Å². The van der Waals surface area contributed by atoms with Crippen molar-refractivity contribution < 1.29 is 0 Å². The molecule has 0 amide bonds. The Kier molecular flexibility index (Phi) is 2.45. The number of nitrogens with zero attached hydrogens (tertiary/aromatic N) is 1. The van der Waals surface area contributed by atoms with Gasteiger partial charge in [-0.25, -0.2) is 0 Å². The normalized spacial score (nSPS) is 10.2. The molecule has 0 bridgehead atoms. The van der Waals surface area contributed by atoms with E-state index in [-0.39, 0.29) is 0 Å². The van der Waals surface area contributed by atoms with E-state index in [0.717, 1.165) is 13.7 Å². The molecule has 0 aliphatic heterocycles. The van der Waals surface area contributed by atoms with Gasteiger partial charge in [0.1, 0.15) is 6.07 Å². The number of benzene rings is 1. The maximum absolute atomic E-state index is 8.93. The SMILES string of the molecule is N#Cc1c(Cl)c(I)cc2ccsc12. The summed E-state index contributed by atoms with van der Waals surface area (Å²) in [5.41, 5.74) is 0.596. The van der Waals surface area contributed by atoms with Gasteiger partial charge in [-0.2, -0.15) is 5.26 Å². The summed E-state index contributed by atoms with van der Waals surface area (Å²) in [5.74, 6) is 0. The van der Waals surface area contributed by atoms with Crippen molar-refractivity contribution in [2.24, 2.45) is 0 Å². The van der Waals surface area contributed by atoms with Crippen LogP contribution in [-0.4, -0.2) is 0 Å². The molecule has 13 heavy (non-hydrogen) atoms. The third-order valence-electron chi connectivity index (χ3n) is 1.75. The van der Waals surface area contributed by atoms with Crippen LogP contribution in [0.1, 0.15) is 5.56 Å².